The Labute approximate surface area is 125 Å². The molecule has 21 heavy (non-hydrogen) atoms. The molecule has 0 radical (unpaired) electrons. The van der Waals surface area contributed by atoms with E-state index in [1.807, 2.05) is 55.5 Å². The van der Waals surface area contributed by atoms with Crippen LogP contribution in [0.25, 0.3) is 0 Å². The molecule has 0 spiro atoms. The summed E-state index contributed by atoms with van der Waals surface area (Å²) in [6, 6.07) is 15.3. The van der Waals surface area contributed by atoms with E-state index in [1.165, 1.54) is 0 Å². The quantitative estimate of drug-likeness (QED) is 0.876. The molecule has 0 fully saturated rings. The molecule has 108 valence electrons. The third kappa shape index (κ3) is 4.27. The summed E-state index contributed by atoms with van der Waals surface area (Å²) in [5.41, 5.74) is 7.86. The van der Waals surface area contributed by atoms with Crippen LogP contribution >= 0.6 is 0 Å². The number of nitrogens with two attached hydrogens (primary N) is 1. The van der Waals surface area contributed by atoms with Gasteiger partial charge in [-0.15, -0.1) is 0 Å². The van der Waals surface area contributed by atoms with Crippen LogP contribution in [0.5, 0.6) is 11.5 Å². The number of benzene rings is 2. The topological polar surface area (TPSA) is 44.5 Å². The van der Waals surface area contributed by atoms with Gasteiger partial charge in [-0.3, -0.25) is 0 Å². The highest BCUT2D eigenvalue weighted by molar-refractivity contribution is 5.42. The highest BCUT2D eigenvalue weighted by Gasteiger charge is 2.09. The second-order valence-corrected chi connectivity index (χ2v) is 4.65. The van der Waals surface area contributed by atoms with Crippen molar-refractivity contribution >= 4 is 0 Å². The average Bonchev–Trinajstić information content (AvgIpc) is 2.52. The van der Waals surface area contributed by atoms with E-state index >= 15 is 0 Å². The molecule has 0 bridgehead atoms. The fourth-order valence-corrected chi connectivity index (χ4v) is 1.92. The van der Waals surface area contributed by atoms with Crippen molar-refractivity contribution in [2.24, 2.45) is 5.73 Å². The normalized spacial score (nSPS) is 11.2. The Morgan fingerprint density at radius 3 is 2.57 bits per heavy atom. The molecule has 0 heterocycles. The average molecular weight is 281 g/mol. The van der Waals surface area contributed by atoms with Gasteiger partial charge < -0.3 is 15.2 Å². The fraction of sp³-hybridized carbons (Fsp3) is 0.222. The van der Waals surface area contributed by atoms with Crippen LogP contribution in [0.1, 0.15) is 24.1 Å². The van der Waals surface area contributed by atoms with Crippen LogP contribution in [0, 0.1) is 11.8 Å². The van der Waals surface area contributed by atoms with Crippen molar-refractivity contribution in [2.45, 2.75) is 13.0 Å². The summed E-state index contributed by atoms with van der Waals surface area (Å²) in [4.78, 5) is 0. The SMILES string of the molecule is COc1ccc([C@H](C)N)c(OCC#Cc2ccccc2)c1. The van der Waals surface area contributed by atoms with E-state index in [4.69, 9.17) is 15.2 Å². The van der Waals surface area contributed by atoms with E-state index in [9.17, 15) is 0 Å². The van der Waals surface area contributed by atoms with Gasteiger partial charge in [0, 0.05) is 23.2 Å². The molecule has 0 unspecified atom stereocenters. The minimum atomic E-state index is -0.104. The van der Waals surface area contributed by atoms with Crippen molar-refractivity contribution in [1.29, 1.82) is 0 Å². The van der Waals surface area contributed by atoms with Crippen LogP contribution in [0.4, 0.5) is 0 Å². The van der Waals surface area contributed by atoms with Crippen LogP contribution in [-0.4, -0.2) is 13.7 Å². The molecule has 0 amide bonds. The molecule has 0 saturated carbocycles. The Hall–Kier alpha value is -2.44. The van der Waals surface area contributed by atoms with E-state index in [-0.39, 0.29) is 6.04 Å². The number of hydrogen-bond donors (Lipinski definition) is 1. The second-order valence-electron chi connectivity index (χ2n) is 4.65. The van der Waals surface area contributed by atoms with Gasteiger partial charge in [0.05, 0.1) is 7.11 Å². The maximum absolute atomic E-state index is 5.94. The van der Waals surface area contributed by atoms with Crippen molar-refractivity contribution in [3.8, 4) is 23.3 Å². The first-order valence-corrected chi connectivity index (χ1v) is 6.81. The summed E-state index contributed by atoms with van der Waals surface area (Å²) in [5.74, 6) is 7.51. The van der Waals surface area contributed by atoms with Crippen molar-refractivity contribution in [3.63, 3.8) is 0 Å². The highest BCUT2D eigenvalue weighted by atomic mass is 16.5. The molecule has 0 saturated heterocycles. The smallest absolute Gasteiger partial charge is 0.149 e. The van der Waals surface area contributed by atoms with Crippen molar-refractivity contribution in [3.05, 3.63) is 59.7 Å². The molecule has 3 heteroatoms. The predicted octanol–water partition coefficient (Wildman–Crippen LogP) is 3.15. The summed E-state index contributed by atoms with van der Waals surface area (Å²) < 4.78 is 10.9. The van der Waals surface area contributed by atoms with E-state index in [1.54, 1.807) is 7.11 Å². The van der Waals surface area contributed by atoms with Crippen molar-refractivity contribution in [2.75, 3.05) is 13.7 Å². The number of ether oxygens (including phenoxy) is 2. The monoisotopic (exact) mass is 281 g/mol. The first kappa shape index (κ1) is 15.0. The zero-order valence-electron chi connectivity index (χ0n) is 12.3. The van der Waals surface area contributed by atoms with Crippen LogP contribution in [-0.2, 0) is 0 Å². The van der Waals surface area contributed by atoms with E-state index in [0.717, 1.165) is 16.9 Å². The molecule has 0 aromatic heterocycles. The maximum atomic E-state index is 5.94. The van der Waals surface area contributed by atoms with Gasteiger partial charge in [-0.2, -0.15) is 0 Å². The first-order chi connectivity index (χ1) is 10.2. The fourth-order valence-electron chi connectivity index (χ4n) is 1.92. The Kier molecular flexibility index (Phi) is 5.25. The van der Waals surface area contributed by atoms with E-state index in [2.05, 4.69) is 11.8 Å². The van der Waals surface area contributed by atoms with Crippen LogP contribution < -0.4 is 15.2 Å². The number of methoxy groups -OCH3 is 1. The van der Waals surface area contributed by atoms with Gasteiger partial charge in [-0.1, -0.05) is 36.1 Å². The van der Waals surface area contributed by atoms with Gasteiger partial charge in [0.25, 0.3) is 0 Å². The summed E-state index contributed by atoms with van der Waals surface area (Å²) in [6.07, 6.45) is 0. The summed E-state index contributed by atoms with van der Waals surface area (Å²) in [5, 5.41) is 0. The van der Waals surface area contributed by atoms with Crippen molar-refractivity contribution < 1.29 is 9.47 Å². The Balaban J connectivity index is 2.07. The largest absolute Gasteiger partial charge is 0.497 e. The van der Waals surface area contributed by atoms with Gasteiger partial charge in [-0.25, -0.2) is 0 Å². The third-order valence-electron chi connectivity index (χ3n) is 3.02. The van der Waals surface area contributed by atoms with Crippen molar-refractivity contribution in [1.82, 2.24) is 0 Å². The summed E-state index contributed by atoms with van der Waals surface area (Å²) in [7, 11) is 1.62. The highest BCUT2D eigenvalue weighted by Crippen LogP contribution is 2.28. The lowest BCUT2D eigenvalue weighted by molar-refractivity contribution is 0.357. The molecule has 2 aromatic rings. The standard InChI is InChI=1S/C18H19NO2/c1-14(19)17-11-10-16(20-2)13-18(17)21-12-6-9-15-7-4-3-5-8-15/h3-5,7-8,10-11,13-14H,12,19H2,1-2H3/t14-/m0/s1. The van der Waals surface area contributed by atoms with Gasteiger partial charge >= 0.3 is 0 Å². The van der Waals surface area contributed by atoms with Crippen LogP contribution in [0.15, 0.2) is 48.5 Å². The van der Waals surface area contributed by atoms with Gasteiger partial charge in [0.2, 0.25) is 0 Å². The lowest BCUT2D eigenvalue weighted by Gasteiger charge is -2.13. The molecule has 2 rings (SSSR count). The molecule has 0 aliphatic carbocycles. The van der Waals surface area contributed by atoms with Crippen LogP contribution in [0.3, 0.4) is 0 Å². The minimum absolute atomic E-state index is 0.104. The Bertz CT molecular complexity index is 639. The lowest BCUT2D eigenvalue weighted by Crippen LogP contribution is -2.08. The summed E-state index contributed by atoms with van der Waals surface area (Å²) in [6.45, 7) is 2.23. The Morgan fingerprint density at radius 2 is 1.90 bits per heavy atom. The molecular formula is C18H19NO2. The third-order valence-corrected chi connectivity index (χ3v) is 3.02. The zero-order valence-corrected chi connectivity index (χ0v) is 12.3. The number of rotatable bonds is 4. The van der Waals surface area contributed by atoms with Gasteiger partial charge in [0.15, 0.2) is 0 Å². The van der Waals surface area contributed by atoms with E-state index in [0.29, 0.717) is 12.4 Å². The Morgan fingerprint density at radius 1 is 1.14 bits per heavy atom. The van der Waals surface area contributed by atoms with Gasteiger partial charge in [-0.05, 0) is 25.1 Å². The van der Waals surface area contributed by atoms with Gasteiger partial charge in [0.1, 0.15) is 18.1 Å². The maximum Gasteiger partial charge on any atom is 0.149 e. The second kappa shape index (κ2) is 7.37. The molecule has 1 atom stereocenters. The molecule has 2 aromatic carbocycles. The minimum Gasteiger partial charge on any atom is -0.497 e. The number of hydrogen-bond acceptors (Lipinski definition) is 3. The summed E-state index contributed by atoms with van der Waals surface area (Å²) >= 11 is 0. The molecular weight excluding hydrogens is 262 g/mol. The zero-order chi connectivity index (χ0) is 15.1. The van der Waals surface area contributed by atoms with E-state index < -0.39 is 0 Å². The van der Waals surface area contributed by atoms with Crippen LogP contribution in [0.2, 0.25) is 0 Å². The predicted molar refractivity (Wildman–Crippen MR) is 84.4 cm³/mol. The molecule has 0 aliphatic heterocycles. The molecule has 0 aliphatic rings. The molecule has 2 N–H and O–H groups in total. The lowest BCUT2D eigenvalue weighted by atomic mass is 10.1. The molecule has 3 nitrogen and oxygen atoms in total. The first-order valence-electron chi connectivity index (χ1n) is 6.81.